The molecule has 1 saturated heterocycles. The van der Waals surface area contributed by atoms with E-state index < -0.39 is 11.6 Å². The zero-order valence-corrected chi connectivity index (χ0v) is 9.42. The Morgan fingerprint density at radius 3 is 2.94 bits per heavy atom. The molecule has 92 valence electrons. The number of ether oxygens (including phenoxy) is 1. The maximum atomic E-state index is 13.3. The molecule has 17 heavy (non-hydrogen) atoms. The number of Topliss-reactive ketones (excluding diaryl/α,β-unsaturated/α-hetero) is 1. The molecule has 0 radical (unpaired) electrons. The fraction of sp³-hybridized carbons (Fsp3) is 0.462. The molecule has 0 N–H and O–H groups in total. The summed E-state index contributed by atoms with van der Waals surface area (Å²) in [5.74, 6) is -1.94. The van der Waals surface area contributed by atoms with E-state index in [1.165, 1.54) is 12.1 Å². The Bertz CT molecular complexity index is 412. The highest BCUT2D eigenvalue weighted by molar-refractivity contribution is 5.81. The Hall–Kier alpha value is -1.29. The number of halogens is 2. The van der Waals surface area contributed by atoms with Crippen molar-refractivity contribution in [3.05, 3.63) is 35.4 Å². The Morgan fingerprint density at radius 1 is 1.41 bits per heavy atom. The highest BCUT2D eigenvalue weighted by Gasteiger charge is 2.20. The van der Waals surface area contributed by atoms with Gasteiger partial charge in [0.2, 0.25) is 0 Å². The predicted octanol–water partition coefficient (Wildman–Crippen LogP) is 2.65. The van der Waals surface area contributed by atoms with Crippen LogP contribution in [0.3, 0.4) is 0 Å². The van der Waals surface area contributed by atoms with Gasteiger partial charge in [-0.1, -0.05) is 12.1 Å². The third kappa shape index (κ3) is 3.09. The first kappa shape index (κ1) is 12.2. The van der Waals surface area contributed by atoms with Gasteiger partial charge in [-0.15, -0.1) is 0 Å². The predicted molar refractivity (Wildman–Crippen MR) is 58.7 cm³/mol. The summed E-state index contributed by atoms with van der Waals surface area (Å²) >= 11 is 0. The van der Waals surface area contributed by atoms with Crippen molar-refractivity contribution in [3.8, 4) is 0 Å². The van der Waals surface area contributed by atoms with Crippen molar-refractivity contribution in [2.45, 2.75) is 31.8 Å². The van der Waals surface area contributed by atoms with E-state index >= 15 is 0 Å². The smallest absolute Gasteiger partial charge is 0.162 e. The molecular formula is C13H14F2O2. The van der Waals surface area contributed by atoms with Gasteiger partial charge in [-0.3, -0.25) is 4.79 Å². The lowest BCUT2D eigenvalue weighted by atomic mass is 10.0. The molecule has 1 aliphatic heterocycles. The van der Waals surface area contributed by atoms with Crippen LogP contribution in [-0.4, -0.2) is 18.5 Å². The zero-order chi connectivity index (χ0) is 12.3. The highest BCUT2D eigenvalue weighted by Crippen LogP contribution is 2.18. The molecule has 1 unspecified atom stereocenters. The minimum absolute atomic E-state index is 0.0425. The summed E-state index contributed by atoms with van der Waals surface area (Å²) in [5.41, 5.74) is 0.119. The van der Waals surface area contributed by atoms with Crippen molar-refractivity contribution in [1.29, 1.82) is 0 Å². The second kappa shape index (κ2) is 5.36. The number of benzene rings is 1. The Labute approximate surface area is 98.6 Å². The van der Waals surface area contributed by atoms with Crippen LogP contribution < -0.4 is 0 Å². The van der Waals surface area contributed by atoms with Crippen LogP contribution in [-0.2, 0) is 16.0 Å². The number of hydrogen-bond acceptors (Lipinski definition) is 2. The van der Waals surface area contributed by atoms with Crippen LogP contribution in [0.4, 0.5) is 8.78 Å². The van der Waals surface area contributed by atoms with Crippen LogP contribution in [0.25, 0.3) is 0 Å². The molecule has 1 aromatic rings. The molecule has 4 heteroatoms. The van der Waals surface area contributed by atoms with E-state index in [9.17, 15) is 13.6 Å². The Morgan fingerprint density at radius 2 is 2.24 bits per heavy atom. The number of carbonyl (C=O) groups excluding carboxylic acids is 1. The van der Waals surface area contributed by atoms with Gasteiger partial charge in [0.15, 0.2) is 11.6 Å². The van der Waals surface area contributed by atoms with E-state index in [0.29, 0.717) is 6.61 Å². The SMILES string of the molecule is O=C(Cc1cccc(F)c1F)CC1CCCO1. The number of ketones is 1. The number of hydrogen-bond donors (Lipinski definition) is 0. The van der Waals surface area contributed by atoms with Gasteiger partial charge in [0, 0.05) is 19.4 Å². The van der Waals surface area contributed by atoms with Crippen molar-refractivity contribution in [3.63, 3.8) is 0 Å². The fourth-order valence-electron chi connectivity index (χ4n) is 2.03. The number of rotatable bonds is 4. The summed E-state index contributed by atoms with van der Waals surface area (Å²) in [7, 11) is 0. The second-order valence-electron chi connectivity index (χ2n) is 4.27. The van der Waals surface area contributed by atoms with Gasteiger partial charge in [-0.05, 0) is 24.5 Å². The Kier molecular flexibility index (Phi) is 3.84. The summed E-state index contributed by atoms with van der Waals surface area (Å²) in [5, 5.41) is 0. The molecule has 0 bridgehead atoms. The highest BCUT2D eigenvalue weighted by atomic mass is 19.2. The van der Waals surface area contributed by atoms with E-state index in [-0.39, 0.29) is 30.3 Å². The molecule has 0 aromatic heterocycles. The van der Waals surface area contributed by atoms with Crippen LogP contribution in [0.2, 0.25) is 0 Å². The fourth-order valence-corrected chi connectivity index (χ4v) is 2.03. The first-order chi connectivity index (χ1) is 8.16. The lowest BCUT2D eigenvalue weighted by molar-refractivity contribution is -0.120. The van der Waals surface area contributed by atoms with E-state index in [4.69, 9.17) is 4.74 Å². The molecule has 1 heterocycles. The van der Waals surface area contributed by atoms with Crippen molar-refractivity contribution in [1.82, 2.24) is 0 Å². The van der Waals surface area contributed by atoms with Gasteiger partial charge < -0.3 is 4.74 Å². The average Bonchev–Trinajstić information content (AvgIpc) is 2.77. The van der Waals surface area contributed by atoms with Crippen LogP contribution in [0.1, 0.15) is 24.8 Å². The van der Waals surface area contributed by atoms with E-state index in [1.807, 2.05) is 0 Å². The van der Waals surface area contributed by atoms with Crippen molar-refractivity contribution >= 4 is 5.78 Å². The molecule has 0 saturated carbocycles. The quantitative estimate of drug-likeness (QED) is 0.808. The van der Waals surface area contributed by atoms with Crippen LogP contribution in [0, 0.1) is 11.6 Å². The second-order valence-corrected chi connectivity index (χ2v) is 4.27. The first-order valence-corrected chi connectivity index (χ1v) is 5.73. The standard InChI is InChI=1S/C13H14F2O2/c14-12-5-1-3-9(13(12)15)7-10(16)8-11-4-2-6-17-11/h1,3,5,11H,2,4,6-8H2. The number of carbonyl (C=O) groups is 1. The summed E-state index contributed by atoms with van der Waals surface area (Å²) < 4.78 is 31.6. The van der Waals surface area contributed by atoms with Crippen molar-refractivity contribution in [2.75, 3.05) is 6.61 Å². The first-order valence-electron chi connectivity index (χ1n) is 5.73. The third-order valence-electron chi connectivity index (χ3n) is 2.90. The zero-order valence-electron chi connectivity index (χ0n) is 9.42. The molecule has 1 fully saturated rings. The Balaban J connectivity index is 1.95. The molecular weight excluding hydrogens is 226 g/mol. The minimum atomic E-state index is -0.923. The third-order valence-corrected chi connectivity index (χ3v) is 2.90. The lowest BCUT2D eigenvalue weighted by Gasteiger charge is -2.08. The summed E-state index contributed by atoms with van der Waals surface area (Å²) in [4.78, 5) is 11.7. The molecule has 0 amide bonds. The molecule has 0 aliphatic carbocycles. The average molecular weight is 240 g/mol. The molecule has 2 nitrogen and oxygen atoms in total. The maximum absolute atomic E-state index is 13.3. The van der Waals surface area contributed by atoms with Gasteiger partial charge in [0.25, 0.3) is 0 Å². The van der Waals surface area contributed by atoms with Gasteiger partial charge in [-0.25, -0.2) is 8.78 Å². The molecule has 1 aromatic carbocycles. The van der Waals surface area contributed by atoms with E-state index in [2.05, 4.69) is 0 Å². The summed E-state index contributed by atoms with van der Waals surface area (Å²) in [6.45, 7) is 0.687. The van der Waals surface area contributed by atoms with Gasteiger partial charge in [0.1, 0.15) is 5.78 Å². The van der Waals surface area contributed by atoms with Crippen molar-refractivity contribution < 1.29 is 18.3 Å². The van der Waals surface area contributed by atoms with Crippen LogP contribution in [0.15, 0.2) is 18.2 Å². The minimum Gasteiger partial charge on any atom is -0.378 e. The van der Waals surface area contributed by atoms with Gasteiger partial charge >= 0.3 is 0 Å². The lowest BCUT2D eigenvalue weighted by Crippen LogP contribution is -2.15. The van der Waals surface area contributed by atoms with Gasteiger partial charge in [-0.2, -0.15) is 0 Å². The molecule has 1 atom stereocenters. The van der Waals surface area contributed by atoms with Crippen LogP contribution >= 0.6 is 0 Å². The normalized spacial score (nSPS) is 19.5. The van der Waals surface area contributed by atoms with Crippen molar-refractivity contribution in [2.24, 2.45) is 0 Å². The molecule has 1 aliphatic rings. The summed E-state index contributed by atoms with van der Waals surface area (Å²) in [6, 6.07) is 3.89. The monoisotopic (exact) mass is 240 g/mol. The largest absolute Gasteiger partial charge is 0.378 e. The maximum Gasteiger partial charge on any atom is 0.162 e. The van der Waals surface area contributed by atoms with E-state index in [0.717, 1.165) is 18.9 Å². The summed E-state index contributed by atoms with van der Waals surface area (Å²) in [6.07, 6.45) is 2.02. The molecule has 2 rings (SSSR count). The van der Waals surface area contributed by atoms with Crippen LogP contribution in [0.5, 0.6) is 0 Å². The topological polar surface area (TPSA) is 26.3 Å². The van der Waals surface area contributed by atoms with E-state index in [1.54, 1.807) is 0 Å². The molecule has 0 spiro atoms. The van der Waals surface area contributed by atoms with Gasteiger partial charge in [0.05, 0.1) is 6.10 Å².